The summed E-state index contributed by atoms with van der Waals surface area (Å²) in [6.45, 7) is 0. The van der Waals surface area contributed by atoms with Crippen LogP contribution in [0.15, 0.2) is 32.7 Å². The van der Waals surface area contributed by atoms with Crippen molar-refractivity contribution < 1.29 is 27.1 Å². The first-order valence-corrected chi connectivity index (χ1v) is 9.78. The second kappa shape index (κ2) is 7.77. The van der Waals surface area contributed by atoms with E-state index in [1.807, 2.05) is 0 Å². The molecule has 1 aromatic heterocycles. The van der Waals surface area contributed by atoms with Crippen LogP contribution in [0.4, 0.5) is 17.6 Å². The van der Waals surface area contributed by atoms with Crippen molar-refractivity contribution in [3.8, 4) is 5.69 Å². The maximum absolute atomic E-state index is 14.6. The summed E-state index contributed by atoms with van der Waals surface area (Å²) >= 11 is 7.09. The highest BCUT2D eigenvalue weighted by molar-refractivity contribution is 8.01. The van der Waals surface area contributed by atoms with Crippen LogP contribution < -0.4 is 11.2 Å². The van der Waals surface area contributed by atoms with Crippen LogP contribution in [0.3, 0.4) is 0 Å². The molecule has 0 amide bonds. The average molecular weight is 467 g/mol. The number of carbonyl (C=O) groups is 1. The lowest BCUT2D eigenvalue weighted by atomic mass is 9.84. The highest BCUT2D eigenvalue weighted by atomic mass is 35.5. The zero-order valence-corrected chi connectivity index (χ0v) is 17.3. The van der Waals surface area contributed by atoms with E-state index in [1.165, 1.54) is 7.11 Å². The van der Waals surface area contributed by atoms with Gasteiger partial charge in [0.15, 0.2) is 0 Å². The maximum Gasteiger partial charge on any atom is 0.431 e. The van der Waals surface area contributed by atoms with Crippen LogP contribution in [-0.4, -0.2) is 27.0 Å². The summed E-state index contributed by atoms with van der Waals surface area (Å²) in [6.07, 6.45) is -3.22. The zero-order chi connectivity index (χ0) is 22.4. The molecule has 0 N–H and O–H groups in total. The lowest BCUT2D eigenvalue weighted by molar-refractivity contribution is -0.146. The molecule has 1 heterocycles. The number of hydrogen-bond donors (Lipinski definition) is 0. The van der Waals surface area contributed by atoms with Crippen molar-refractivity contribution in [2.45, 2.75) is 35.1 Å². The van der Waals surface area contributed by atoms with Crippen LogP contribution >= 0.6 is 23.4 Å². The van der Waals surface area contributed by atoms with Crippen LogP contribution in [0.1, 0.15) is 25.0 Å². The molecule has 0 spiro atoms. The van der Waals surface area contributed by atoms with Gasteiger partial charge in [0.25, 0.3) is 5.56 Å². The Morgan fingerprint density at radius 2 is 1.87 bits per heavy atom. The van der Waals surface area contributed by atoms with Crippen molar-refractivity contribution in [2.24, 2.45) is 7.05 Å². The largest absolute Gasteiger partial charge is 0.468 e. The summed E-state index contributed by atoms with van der Waals surface area (Å²) < 4.78 is 58.1. The predicted octanol–water partition coefficient (Wildman–Crippen LogP) is 3.54. The summed E-state index contributed by atoms with van der Waals surface area (Å²) in [4.78, 5) is 37.1. The summed E-state index contributed by atoms with van der Waals surface area (Å²) in [5.41, 5.74) is -4.76. The van der Waals surface area contributed by atoms with Crippen molar-refractivity contribution in [2.75, 3.05) is 7.11 Å². The number of esters is 1. The number of methoxy groups -OCH3 is 1. The van der Waals surface area contributed by atoms with Crippen molar-refractivity contribution in [1.82, 2.24) is 9.13 Å². The van der Waals surface area contributed by atoms with Gasteiger partial charge in [-0.15, -0.1) is 11.8 Å². The molecule has 6 nitrogen and oxygen atoms in total. The molecule has 1 saturated carbocycles. The van der Waals surface area contributed by atoms with E-state index in [0.29, 0.717) is 12.8 Å². The molecule has 30 heavy (non-hydrogen) atoms. The van der Waals surface area contributed by atoms with Crippen molar-refractivity contribution in [1.29, 1.82) is 0 Å². The van der Waals surface area contributed by atoms with E-state index in [2.05, 4.69) is 0 Å². The van der Waals surface area contributed by atoms with E-state index in [-0.39, 0.29) is 25.1 Å². The molecule has 162 valence electrons. The van der Waals surface area contributed by atoms with Gasteiger partial charge in [-0.2, -0.15) is 13.2 Å². The molecule has 1 aliphatic rings. The zero-order valence-electron chi connectivity index (χ0n) is 15.7. The number of ether oxygens (including phenoxy) is 1. The van der Waals surface area contributed by atoms with E-state index in [1.54, 1.807) is 0 Å². The molecular formula is C18H15ClF4N2O4S. The standard InChI is InChI=1S/C18H15ClF4N2O4S/c1-24-13(18(21,22)23)8-14(26)25(16(24)28)11-7-12(9(19)6-10(11)20)30-17(4-3-5-17)15(27)29-2/h6-8H,3-5H2,1-2H3. The van der Waals surface area contributed by atoms with Gasteiger partial charge < -0.3 is 4.74 Å². The molecule has 3 rings (SSSR count). The Bertz CT molecular complexity index is 1140. The third-order valence-corrected chi connectivity index (χ3v) is 6.82. The summed E-state index contributed by atoms with van der Waals surface area (Å²) in [5.74, 6) is -1.58. The Morgan fingerprint density at radius 3 is 2.37 bits per heavy atom. The molecule has 0 bridgehead atoms. The number of rotatable bonds is 4. The summed E-state index contributed by atoms with van der Waals surface area (Å²) in [7, 11) is 2.05. The lowest BCUT2D eigenvalue weighted by Gasteiger charge is -2.38. The Labute approximate surface area is 176 Å². The Hall–Kier alpha value is -2.27. The molecular weight excluding hydrogens is 452 g/mol. The fourth-order valence-corrected chi connectivity index (χ4v) is 4.80. The number of hydrogen-bond acceptors (Lipinski definition) is 5. The minimum absolute atomic E-state index is 0.0757. The van der Waals surface area contributed by atoms with E-state index in [0.717, 1.165) is 37.4 Å². The van der Waals surface area contributed by atoms with Gasteiger partial charge in [0.1, 0.15) is 16.3 Å². The highest BCUT2D eigenvalue weighted by Crippen LogP contribution is 2.50. The van der Waals surface area contributed by atoms with Crippen LogP contribution in [0.25, 0.3) is 5.69 Å². The third-order valence-electron chi connectivity index (χ3n) is 4.88. The van der Waals surface area contributed by atoms with Crippen molar-refractivity contribution in [3.05, 3.63) is 55.6 Å². The van der Waals surface area contributed by atoms with Gasteiger partial charge in [0.05, 0.1) is 17.8 Å². The minimum atomic E-state index is -4.94. The second-order valence-electron chi connectivity index (χ2n) is 6.72. The van der Waals surface area contributed by atoms with Gasteiger partial charge in [-0.05, 0) is 31.4 Å². The Balaban J connectivity index is 2.16. The van der Waals surface area contributed by atoms with Crippen molar-refractivity contribution in [3.63, 3.8) is 0 Å². The summed E-state index contributed by atoms with van der Waals surface area (Å²) in [6, 6.07) is 2.12. The molecule has 0 radical (unpaired) electrons. The van der Waals surface area contributed by atoms with Gasteiger partial charge in [-0.25, -0.2) is 13.8 Å². The fraction of sp³-hybridized carbons (Fsp3) is 0.389. The number of aromatic nitrogens is 2. The normalized spacial score (nSPS) is 15.6. The number of nitrogens with zero attached hydrogens (tertiary/aromatic N) is 2. The molecule has 0 atom stereocenters. The SMILES string of the molecule is COC(=O)C1(Sc2cc(-n3c(=O)cc(C(F)(F)F)n(C)c3=O)c(F)cc2Cl)CCC1. The molecule has 2 aromatic rings. The minimum Gasteiger partial charge on any atom is -0.468 e. The van der Waals surface area contributed by atoms with Crippen LogP contribution in [0.2, 0.25) is 5.02 Å². The first-order chi connectivity index (χ1) is 13.9. The smallest absolute Gasteiger partial charge is 0.431 e. The van der Waals surface area contributed by atoms with E-state index >= 15 is 0 Å². The number of halogens is 5. The van der Waals surface area contributed by atoms with Crippen LogP contribution in [0.5, 0.6) is 0 Å². The second-order valence-corrected chi connectivity index (χ2v) is 8.55. The number of carbonyl (C=O) groups excluding carboxylic acids is 1. The molecule has 1 aliphatic carbocycles. The van der Waals surface area contributed by atoms with E-state index in [4.69, 9.17) is 16.3 Å². The van der Waals surface area contributed by atoms with Gasteiger partial charge >= 0.3 is 17.8 Å². The number of thioether (sulfide) groups is 1. The molecule has 1 aromatic carbocycles. The van der Waals surface area contributed by atoms with Gasteiger partial charge in [0.2, 0.25) is 0 Å². The van der Waals surface area contributed by atoms with Crippen LogP contribution in [-0.2, 0) is 22.8 Å². The Kier molecular flexibility index (Phi) is 5.80. The molecule has 1 fully saturated rings. The number of benzene rings is 1. The molecule has 0 saturated heterocycles. The van der Waals surface area contributed by atoms with Crippen LogP contribution in [0, 0.1) is 5.82 Å². The van der Waals surface area contributed by atoms with E-state index < -0.39 is 45.3 Å². The van der Waals surface area contributed by atoms with E-state index in [9.17, 15) is 31.9 Å². The first-order valence-electron chi connectivity index (χ1n) is 8.58. The molecule has 0 aliphatic heterocycles. The quantitative estimate of drug-likeness (QED) is 0.509. The number of alkyl halides is 3. The third kappa shape index (κ3) is 3.76. The highest BCUT2D eigenvalue weighted by Gasteiger charge is 2.47. The monoisotopic (exact) mass is 466 g/mol. The average Bonchev–Trinajstić information content (AvgIpc) is 2.62. The summed E-state index contributed by atoms with van der Waals surface area (Å²) in [5, 5.41) is -0.0757. The van der Waals surface area contributed by atoms with Gasteiger partial charge in [0, 0.05) is 18.0 Å². The van der Waals surface area contributed by atoms with Gasteiger partial charge in [-0.3, -0.25) is 14.2 Å². The molecule has 12 heteroatoms. The van der Waals surface area contributed by atoms with Crippen molar-refractivity contribution >= 4 is 29.3 Å². The topological polar surface area (TPSA) is 70.3 Å². The maximum atomic E-state index is 14.6. The fourth-order valence-electron chi connectivity index (χ4n) is 3.13. The molecule has 0 unspecified atom stereocenters. The first kappa shape index (κ1) is 22.4. The Morgan fingerprint density at radius 1 is 1.23 bits per heavy atom. The van der Waals surface area contributed by atoms with Gasteiger partial charge in [-0.1, -0.05) is 11.6 Å². The lowest BCUT2D eigenvalue weighted by Crippen LogP contribution is -2.43. The predicted molar refractivity (Wildman–Crippen MR) is 102 cm³/mol.